The summed E-state index contributed by atoms with van der Waals surface area (Å²) in [5.74, 6) is 0.771. The maximum Gasteiger partial charge on any atom is 0.0825 e. The van der Waals surface area contributed by atoms with Gasteiger partial charge in [-0.15, -0.1) is 0 Å². The van der Waals surface area contributed by atoms with Crippen LogP contribution in [-0.2, 0) is 0 Å². The van der Waals surface area contributed by atoms with Gasteiger partial charge in [-0.25, -0.2) is 0 Å². The van der Waals surface area contributed by atoms with Gasteiger partial charge in [0.1, 0.15) is 0 Å². The van der Waals surface area contributed by atoms with Gasteiger partial charge < -0.3 is 10.2 Å². The van der Waals surface area contributed by atoms with Crippen molar-refractivity contribution in [3.8, 4) is 0 Å². The van der Waals surface area contributed by atoms with E-state index in [4.69, 9.17) is 0 Å². The molecule has 1 aromatic rings. The molecule has 1 saturated heterocycles. The minimum absolute atomic E-state index is 0.600. The van der Waals surface area contributed by atoms with Crippen molar-refractivity contribution in [2.24, 2.45) is 5.92 Å². The number of aryl methyl sites for hydroxylation is 2. The average molecular weight is 250 g/mol. The van der Waals surface area contributed by atoms with Crippen molar-refractivity contribution in [1.82, 2.24) is 15.1 Å². The van der Waals surface area contributed by atoms with Gasteiger partial charge in [0.05, 0.1) is 17.1 Å². The van der Waals surface area contributed by atoms with Crippen LogP contribution >= 0.6 is 0 Å². The zero-order chi connectivity index (χ0) is 13.1. The molecule has 102 valence electrons. The Morgan fingerprint density at radius 1 is 1.33 bits per heavy atom. The summed E-state index contributed by atoms with van der Waals surface area (Å²) in [7, 11) is 0. The smallest absolute Gasteiger partial charge is 0.0825 e. The molecule has 0 atom stereocenters. The van der Waals surface area contributed by atoms with Crippen LogP contribution in [0.3, 0.4) is 0 Å². The van der Waals surface area contributed by atoms with Crippen molar-refractivity contribution in [3.05, 3.63) is 11.4 Å². The fourth-order valence-electron chi connectivity index (χ4n) is 2.74. The van der Waals surface area contributed by atoms with E-state index in [0.29, 0.717) is 6.04 Å². The fourth-order valence-corrected chi connectivity index (χ4v) is 2.74. The Morgan fingerprint density at radius 2 is 2.00 bits per heavy atom. The number of hydrogen-bond donors (Lipinski definition) is 2. The third kappa shape index (κ3) is 3.25. The van der Waals surface area contributed by atoms with Crippen LogP contribution in [0.2, 0.25) is 0 Å². The second-order valence-corrected chi connectivity index (χ2v) is 5.92. The molecule has 0 aromatic carbocycles. The Balaban J connectivity index is 1.84. The van der Waals surface area contributed by atoms with Crippen LogP contribution in [0, 0.1) is 19.8 Å². The van der Waals surface area contributed by atoms with Gasteiger partial charge in [-0.1, -0.05) is 13.8 Å². The Kier molecular flexibility index (Phi) is 4.27. The number of anilines is 1. The number of aromatic nitrogens is 2. The maximum absolute atomic E-state index is 4.24. The zero-order valence-corrected chi connectivity index (χ0v) is 12.1. The highest BCUT2D eigenvalue weighted by molar-refractivity contribution is 5.52. The number of aromatic amines is 1. The molecule has 4 heteroatoms. The molecule has 0 amide bonds. The van der Waals surface area contributed by atoms with Crippen LogP contribution in [0.15, 0.2) is 0 Å². The largest absolute Gasteiger partial charge is 0.379 e. The third-order valence-electron chi connectivity index (χ3n) is 3.69. The lowest BCUT2D eigenvalue weighted by Crippen LogP contribution is -2.40. The van der Waals surface area contributed by atoms with E-state index in [1.54, 1.807) is 0 Å². The molecule has 0 radical (unpaired) electrons. The molecule has 0 spiro atoms. The maximum atomic E-state index is 4.24. The van der Waals surface area contributed by atoms with Gasteiger partial charge in [0.15, 0.2) is 0 Å². The van der Waals surface area contributed by atoms with E-state index >= 15 is 0 Å². The Labute approximate surface area is 110 Å². The first-order valence-corrected chi connectivity index (χ1v) is 7.06. The number of piperidine rings is 1. The second kappa shape index (κ2) is 5.74. The van der Waals surface area contributed by atoms with Gasteiger partial charge in [0.2, 0.25) is 0 Å². The third-order valence-corrected chi connectivity index (χ3v) is 3.69. The normalized spacial score (nSPS) is 18.5. The summed E-state index contributed by atoms with van der Waals surface area (Å²) in [6, 6.07) is 0.600. The molecule has 18 heavy (non-hydrogen) atoms. The Hall–Kier alpha value is -1.03. The number of likely N-dealkylation sites (tertiary alicyclic amines) is 1. The van der Waals surface area contributed by atoms with Crippen LogP contribution < -0.4 is 5.32 Å². The van der Waals surface area contributed by atoms with E-state index in [2.05, 4.69) is 48.1 Å². The quantitative estimate of drug-likeness (QED) is 0.863. The van der Waals surface area contributed by atoms with Crippen molar-refractivity contribution < 1.29 is 0 Å². The highest BCUT2D eigenvalue weighted by Gasteiger charge is 2.20. The van der Waals surface area contributed by atoms with Crippen LogP contribution in [0.1, 0.15) is 38.1 Å². The van der Waals surface area contributed by atoms with Crippen LogP contribution in [0.25, 0.3) is 0 Å². The Bertz CT molecular complexity index is 356. The van der Waals surface area contributed by atoms with Crippen LogP contribution in [0.4, 0.5) is 5.69 Å². The molecular formula is C14H26N4. The fraction of sp³-hybridized carbons (Fsp3) is 0.786. The number of rotatable bonds is 4. The topological polar surface area (TPSA) is 44.0 Å². The molecule has 2 heterocycles. The molecule has 0 bridgehead atoms. The molecule has 1 aliphatic heterocycles. The minimum atomic E-state index is 0.600. The highest BCUT2D eigenvalue weighted by atomic mass is 15.2. The summed E-state index contributed by atoms with van der Waals surface area (Å²) in [4.78, 5) is 2.58. The Morgan fingerprint density at radius 3 is 2.50 bits per heavy atom. The van der Waals surface area contributed by atoms with Crippen LogP contribution in [0.5, 0.6) is 0 Å². The monoisotopic (exact) mass is 250 g/mol. The van der Waals surface area contributed by atoms with Gasteiger partial charge in [-0.2, -0.15) is 5.10 Å². The minimum Gasteiger partial charge on any atom is -0.379 e. The van der Waals surface area contributed by atoms with E-state index in [0.717, 1.165) is 17.3 Å². The summed E-state index contributed by atoms with van der Waals surface area (Å²) in [6.07, 6.45) is 2.47. The lowest BCUT2D eigenvalue weighted by atomic mass is 10.0. The number of nitrogens with zero attached hydrogens (tertiary/aromatic N) is 2. The average Bonchev–Trinajstić information content (AvgIpc) is 2.63. The van der Waals surface area contributed by atoms with Gasteiger partial charge in [-0.05, 0) is 32.6 Å². The summed E-state index contributed by atoms with van der Waals surface area (Å²) < 4.78 is 0. The lowest BCUT2D eigenvalue weighted by Gasteiger charge is -2.33. The number of hydrogen-bond acceptors (Lipinski definition) is 3. The summed E-state index contributed by atoms with van der Waals surface area (Å²) in [5.41, 5.74) is 3.44. The molecular weight excluding hydrogens is 224 g/mol. The molecule has 1 aliphatic rings. The molecule has 1 aromatic heterocycles. The molecule has 1 fully saturated rings. The predicted octanol–water partition coefficient (Wildman–Crippen LogP) is 2.56. The number of H-pyrrole nitrogens is 1. The lowest BCUT2D eigenvalue weighted by molar-refractivity contribution is 0.198. The first-order chi connectivity index (χ1) is 8.56. The van der Waals surface area contributed by atoms with E-state index in [1.807, 2.05) is 0 Å². The molecule has 0 unspecified atom stereocenters. The van der Waals surface area contributed by atoms with E-state index in [9.17, 15) is 0 Å². The van der Waals surface area contributed by atoms with Gasteiger partial charge in [0, 0.05) is 25.7 Å². The standard InChI is InChI=1S/C14H26N4/c1-10(2)9-18-7-5-13(6-8-18)15-14-11(3)16-17-12(14)4/h10,13,15H,5-9H2,1-4H3,(H,16,17). The van der Waals surface area contributed by atoms with Crippen LogP contribution in [-0.4, -0.2) is 40.8 Å². The predicted molar refractivity (Wildman–Crippen MR) is 76.0 cm³/mol. The van der Waals surface area contributed by atoms with E-state index in [1.165, 1.54) is 38.2 Å². The summed E-state index contributed by atoms with van der Waals surface area (Å²) in [6.45, 7) is 12.4. The molecule has 0 aliphatic carbocycles. The summed E-state index contributed by atoms with van der Waals surface area (Å²) >= 11 is 0. The van der Waals surface area contributed by atoms with Crippen molar-refractivity contribution in [2.45, 2.75) is 46.6 Å². The SMILES string of the molecule is Cc1n[nH]c(C)c1NC1CCN(CC(C)C)CC1. The molecule has 2 N–H and O–H groups in total. The van der Waals surface area contributed by atoms with Gasteiger partial charge in [-0.3, -0.25) is 5.10 Å². The molecule has 4 nitrogen and oxygen atoms in total. The first kappa shape index (κ1) is 13.4. The van der Waals surface area contributed by atoms with Crippen molar-refractivity contribution in [1.29, 1.82) is 0 Å². The van der Waals surface area contributed by atoms with Crippen molar-refractivity contribution in [2.75, 3.05) is 25.0 Å². The van der Waals surface area contributed by atoms with Crippen molar-refractivity contribution >= 4 is 5.69 Å². The van der Waals surface area contributed by atoms with Crippen molar-refractivity contribution in [3.63, 3.8) is 0 Å². The van der Waals surface area contributed by atoms with Gasteiger partial charge >= 0.3 is 0 Å². The van der Waals surface area contributed by atoms with Gasteiger partial charge in [0.25, 0.3) is 0 Å². The van der Waals surface area contributed by atoms with E-state index in [-0.39, 0.29) is 0 Å². The number of nitrogens with one attached hydrogen (secondary N) is 2. The second-order valence-electron chi connectivity index (χ2n) is 5.92. The van der Waals surface area contributed by atoms with E-state index < -0.39 is 0 Å². The molecule has 0 saturated carbocycles. The molecule has 2 rings (SSSR count). The zero-order valence-electron chi connectivity index (χ0n) is 12.1. The first-order valence-electron chi connectivity index (χ1n) is 7.06. The summed E-state index contributed by atoms with van der Waals surface area (Å²) in [5, 5.41) is 10.9. The highest BCUT2D eigenvalue weighted by Crippen LogP contribution is 2.21.